The van der Waals surface area contributed by atoms with Crippen LogP contribution in [-0.2, 0) is 0 Å². The maximum absolute atomic E-state index is 13.0. The first-order valence-electron chi connectivity index (χ1n) is 4.18. The van der Waals surface area contributed by atoms with Crippen molar-refractivity contribution >= 4 is 34.8 Å². The Balaban J connectivity index is 2.25. The van der Waals surface area contributed by atoms with Crippen LogP contribution in [0.15, 0.2) is 18.2 Å². The van der Waals surface area contributed by atoms with Crippen LogP contribution in [0.25, 0.3) is 0 Å². The third-order valence-corrected chi connectivity index (χ3v) is 2.76. The van der Waals surface area contributed by atoms with E-state index < -0.39 is 0 Å². The standard InChI is InChI=1S/C9H7ClFN3S/c1-5-4-6(2-3-7(5)11)12-9-8(10)13-15-14-9/h2-4H,1H3,(H,12,14). The van der Waals surface area contributed by atoms with Crippen molar-refractivity contribution in [3.8, 4) is 0 Å². The van der Waals surface area contributed by atoms with Crippen LogP contribution in [0, 0.1) is 12.7 Å². The van der Waals surface area contributed by atoms with Crippen molar-refractivity contribution in [3.05, 3.63) is 34.7 Å². The van der Waals surface area contributed by atoms with E-state index in [1.807, 2.05) is 0 Å². The van der Waals surface area contributed by atoms with Crippen LogP contribution in [0.3, 0.4) is 0 Å². The van der Waals surface area contributed by atoms with E-state index in [1.165, 1.54) is 6.07 Å². The van der Waals surface area contributed by atoms with Gasteiger partial charge < -0.3 is 5.32 Å². The highest BCUT2D eigenvalue weighted by Crippen LogP contribution is 2.23. The molecule has 0 fully saturated rings. The maximum atomic E-state index is 13.0. The van der Waals surface area contributed by atoms with Gasteiger partial charge in [0.2, 0.25) is 0 Å². The molecule has 6 heteroatoms. The van der Waals surface area contributed by atoms with Gasteiger partial charge in [-0.1, -0.05) is 11.6 Å². The Hall–Kier alpha value is -1.20. The Morgan fingerprint density at radius 3 is 2.80 bits per heavy atom. The molecular weight excluding hydrogens is 237 g/mol. The average molecular weight is 244 g/mol. The number of halogens is 2. The molecule has 0 amide bonds. The fourth-order valence-electron chi connectivity index (χ4n) is 1.11. The molecule has 1 aromatic carbocycles. The van der Waals surface area contributed by atoms with Crippen LogP contribution in [-0.4, -0.2) is 8.75 Å². The van der Waals surface area contributed by atoms with Gasteiger partial charge in [0.1, 0.15) is 5.82 Å². The molecule has 0 atom stereocenters. The van der Waals surface area contributed by atoms with Crippen molar-refractivity contribution in [2.24, 2.45) is 0 Å². The molecule has 1 aromatic heterocycles. The number of aromatic nitrogens is 2. The van der Waals surface area contributed by atoms with E-state index in [0.717, 1.165) is 17.4 Å². The molecule has 1 heterocycles. The van der Waals surface area contributed by atoms with E-state index in [4.69, 9.17) is 11.6 Å². The second-order valence-electron chi connectivity index (χ2n) is 2.99. The lowest BCUT2D eigenvalue weighted by atomic mass is 10.2. The second kappa shape index (κ2) is 4.12. The Morgan fingerprint density at radius 2 is 2.20 bits per heavy atom. The van der Waals surface area contributed by atoms with E-state index in [9.17, 15) is 4.39 Å². The number of hydrogen-bond acceptors (Lipinski definition) is 4. The lowest BCUT2D eigenvalue weighted by Gasteiger charge is -2.04. The SMILES string of the molecule is Cc1cc(Nc2nsnc2Cl)ccc1F. The van der Waals surface area contributed by atoms with E-state index in [0.29, 0.717) is 16.5 Å². The lowest BCUT2D eigenvalue weighted by molar-refractivity contribution is 0.619. The van der Waals surface area contributed by atoms with Crippen LogP contribution in [0.5, 0.6) is 0 Å². The molecule has 0 radical (unpaired) electrons. The highest BCUT2D eigenvalue weighted by Gasteiger charge is 2.06. The molecule has 0 unspecified atom stereocenters. The van der Waals surface area contributed by atoms with Gasteiger partial charge in [-0.2, -0.15) is 8.75 Å². The van der Waals surface area contributed by atoms with Crippen molar-refractivity contribution in [2.75, 3.05) is 5.32 Å². The van der Waals surface area contributed by atoms with Crippen molar-refractivity contribution in [1.82, 2.24) is 8.75 Å². The second-order valence-corrected chi connectivity index (χ2v) is 3.88. The molecule has 2 rings (SSSR count). The normalized spacial score (nSPS) is 10.3. The van der Waals surface area contributed by atoms with Gasteiger partial charge >= 0.3 is 0 Å². The molecule has 78 valence electrons. The van der Waals surface area contributed by atoms with Crippen molar-refractivity contribution in [1.29, 1.82) is 0 Å². The third kappa shape index (κ3) is 2.24. The van der Waals surface area contributed by atoms with E-state index in [2.05, 4.69) is 14.1 Å². The van der Waals surface area contributed by atoms with Crippen molar-refractivity contribution in [2.45, 2.75) is 6.92 Å². The summed E-state index contributed by atoms with van der Waals surface area (Å²) < 4.78 is 20.7. The van der Waals surface area contributed by atoms with Crippen LogP contribution >= 0.6 is 23.3 Å². The monoisotopic (exact) mass is 243 g/mol. The number of nitrogens with zero attached hydrogens (tertiary/aromatic N) is 2. The number of anilines is 2. The minimum Gasteiger partial charge on any atom is -0.337 e. The summed E-state index contributed by atoms with van der Waals surface area (Å²) in [5.41, 5.74) is 1.31. The molecular formula is C9H7ClFN3S. The summed E-state index contributed by atoms with van der Waals surface area (Å²) in [5.74, 6) is 0.260. The zero-order valence-corrected chi connectivity index (χ0v) is 9.36. The highest BCUT2D eigenvalue weighted by molar-refractivity contribution is 6.99. The Bertz CT molecular complexity index is 486. The molecule has 0 aliphatic carbocycles. The summed E-state index contributed by atoms with van der Waals surface area (Å²) >= 11 is 6.79. The van der Waals surface area contributed by atoms with E-state index in [-0.39, 0.29) is 5.82 Å². The molecule has 3 nitrogen and oxygen atoms in total. The van der Waals surface area contributed by atoms with Crippen molar-refractivity contribution < 1.29 is 4.39 Å². The van der Waals surface area contributed by atoms with Gasteiger partial charge in [0.15, 0.2) is 11.0 Å². The molecule has 2 aromatic rings. The van der Waals surface area contributed by atoms with Gasteiger partial charge in [-0.15, -0.1) is 0 Å². The fraction of sp³-hybridized carbons (Fsp3) is 0.111. The summed E-state index contributed by atoms with van der Waals surface area (Å²) in [6, 6.07) is 4.70. The molecule has 0 saturated heterocycles. The van der Waals surface area contributed by atoms with Gasteiger partial charge in [0.05, 0.1) is 11.7 Å². The smallest absolute Gasteiger partial charge is 0.187 e. The fourth-order valence-corrected chi connectivity index (χ4v) is 1.76. The molecule has 0 spiro atoms. The van der Waals surface area contributed by atoms with Crippen LogP contribution in [0.4, 0.5) is 15.9 Å². The quantitative estimate of drug-likeness (QED) is 0.879. The predicted molar refractivity (Wildman–Crippen MR) is 59.3 cm³/mol. The van der Waals surface area contributed by atoms with Gasteiger partial charge in [-0.05, 0) is 30.7 Å². The predicted octanol–water partition coefficient (Wildman–Crippen LogP) is 3.38. The lowest BCUT2D eigenvalue weighted by Crippen LogP contribution is -1.92. The zero-order valence-electron chi connectivity index (χ0n) is 7.79. The molecule has 0 saturated carbocycles. The summed E-state index contributed by atoms with van der Waals surface area (Å²) in [6.07, 6.45) is 0. The van der Waals surface area contributed by atoms with E-state index >= 15 is 0 Å². The molecule has 0 bridgehead atoms. The minimum atomic E-state index is -0.233. The number of hydrogen-bond donors (Lipinski definition) is 1. The van der Waals surface area contributed by atoms with Gasteiger partial charge in [0, 0.05) is 5.69 Å². The molecule has 1 N–H and O–H groups in total. The average Bonchev–Trinajstić information content (AvgIpc) is 2.59. The van der Waals surface area contributed by atoms with Crippen LogP contribution < -0.4 is 5.32 Å². The van der Waals surface area contributed by atoms with Gasteiger partial charge in [-0.3, -0.25) is 0 Å². The molecule has 15 heavy (non-hydrogen) atoms. The minimum absolute atomic E-state index is 0.233. The Labute approximate surface area is 95.2 Å². The molecule has 0 aliphatic rings. The molecule has 0 aliphatic heterocycles. The number of rotatable bonds is 2. The largest absolute Gasteiger partial charge is 0.337 e. The Morgan fingerprint density at radius 1 is 1.40 bits per heavy atom. The summed E-state index contributed by atoms with van der Waals surface area (Å²) in [4.78, 5) is 0. The first-order chi connectivity index (χ1) is 7.16. The summed E-state index contributed by atoms with van der Waals surface area (Å²) in [7, 11) is 0. The van der Waals surface area contributed by atoms with Gasteiger partial charge in [0.25, 0.3) is 0 Å². The highest BCUT2D eigenvalue weighted by atomic mass is 35.5. The first-order valence-corrected chi connectivity index (χ1v) is 5.29. The maximum Gasteiger partial charge on any atom is 0.187 e. The number of benzene rings is 1. The summed E-state index contributed by atoms with van der Waals surface area (Å²) in [5, 5.41) is 3.28. The van der Waals surface area contributed by atoms with E-state index in [1.54, 1.807) is 19.1 Å². The number of aryl methyl sites for hydroxylation is 1. The van der Waals surface area contributed by atoms with Crippen LogP contribution in [0.2, 0.25) is 5.15 Å². The zero-order chi connectivity index (χ0) is 10.8. The number of nitrogens with one attached hydrogen (secondary N) is 1. The first kappa shape index (κ1) is 10.3. The summed E-state index contributed by atoms with van der Waals surface area (Å²) in [6.45, 7) is 1.70. The third-order valence-electron chi connectivity index (χ3n) is 1.87. The van der Waals surface area contributed by atoms with Crippen LogP contribution in [0.1, 0.15) is 5.56 Å². The van der Waals surface area contributed by atoms with Crippen molar-refractivity contribution in [3.63, 3.8) is 0 Å². The Kier molecular flexibility index (Phi) is 2.83. The van der Waals surface area contributed by atoms with Gasteiger partial charge in [-0.25, -0.2) is 4.39 Å². The topological polar surface area (TPSA) is 37.8 Å².